The first-order valence-electron chi connectivity index (χ1n) is 8.48. The number of piperazine rings is 1. The Morgan fingerprint density at radius 3 is 2.29 bits per heavy atom. The fraction of sp³-hybridized carbons (Fsp3) is 0.588. The lowest BCUT2D eigenvalue weighted by molar-refractivity contribution is -0.124. The summed E-state index contributed by atoms with van der Waals surface area (Å²) in [6.45, 7) is 0.310. The molecule has 2 heterocycles. The predicted octanol–water partition coefficient (Wildman–Crippen LogP) is 2.10. The van der Waals surface area contributed by atoms with E-state index in [1.807, 2.05) is 0 Å². The van der Waals surface area contributed by atoms with Crippen molar-refractivity contribution in [1.29, 1.82) is 0 Å². The van der Waals surface area contributed by atoms with E-state index in [1.165, 1.54) is 12.8 Å². The van der Waals surface area contributed by atoms with E-state index in [0.717, 1.165) is 18.5 Å². The third-order valence-electron chi connectivity index (χ3n) is 5.54. The van der Waals surface area contributed by atoms with Crippen LogP contribution in [0.2, 0.25) is 5.02 Å². The van der Waals surface area contributed by atoms with E-state index in [4.69, 9.17) is 11.6 Å². The van der Waals surface area contributed by atoms with Gasteiger partial charge in [0.15, 0.2) is 9.84 Å². The standard InChI is InChI=1S/C17H21ClN2O3S/c18-12-5-7-14(8-6-12)20-16-11-24(22,23)10-15(16)19(9-17(20)21)13-3-1-2-4-13/h5-8,13,15-16H,1-4,9-11H2/t15-,16+/m1/s1. The maximum Gasteiger partial charge on any atom is 0.241 e. The summed E-state index contributed by atoms with van der Waals surface area (Å²) in [6, 6.07) is 7.05. The second-order valence-electron chi connectivity index (χ2n) is 7.06. The highest BCUT2D eigenvalue weighted by atomic mass is 35.5. The third-order valence-corrected chi connectivity index (χ3v) is 7.49. The molecule has 1 saturated carbocycles. The Labute approximate surface area is 147 Å². The van der Waals surface area contributed by atoms with Crippen LogP contribution in [0.5, 0.6) is 0 Å². The zero-order valence-corrected chi connectivity index (χ0v) is 15.0. The largest absolute Gasteiger partial charge is 0.306 e. The molecule has 1 aromatic carbocycles. The molecule has 4 rings (SSSR count). The molecule has 3 fully saturated rings. The van der Waals surface area contributed by atoms with Crippen LogP contribution in [0.3, 0.4) is 0 Å². The first kappa shape index (κ1) is 16.4. The number of halogens is 1. The molecule has 0 unspecified atom stereocenters. The molecule has 3 aliphatic rings. The molecule has 2 aliphatic heterocycles. The van der Waals surface area contributed by atoms with E-state index < -0.39 is 9.84 Å². The Bertz CT molecular complexity index is 744. The van der Waals surface area contributed by atoms with Gasteiger partial charge in [0.05, 0.1) is 24.1 Å². The van der Waals surface area contributed by atoms with Gasteiger partial charge in [-0.1, -0.05) is 24.4 Å². The van der Waals surface area contributed by atoms with Gasteiger partial charge in [-0.3, -0.25) is 9.69 Å². The van der Waals surface area contributed by atoms with E-state index in [0.29, 0.717) is 17.6 Å². The Hall–Kier alpha value is -1.11. The van der Waals surface area contributed by atoms with Crippen LogP contribution in [0.4, 0.5) is 5.69 Å². The third kappa shape index (κ3) is 2.85. The number of benzene rings is 1. The lowest BCUT2D eigenvalue weighted by Crippen LogP contribution is -2.64. The van der Waals surface area contributed by atoms with Crippen molar-refractivity contribution in [3.05, 3.63) is 29.3 Å². The number of hydrogen-bond acceptors (Lipinski definition) is 4. The number of nitrogens with zero attached hydrogens (tertiary/aromatic N) is 2. The second kappa shape index (κ2) is 6.00. The number of fused-ring (bicyclic) bond motifs is 1. The average Bonchev–Trinajstić information content (AvgIpc) is 3.14. The smallest absolute Gasteiger partial charge is 0.241 e. The van der Waals surface area contributed by atoms with Crippen LogP contribution in [-0.2, 0) is 14.6 Å². The molecule has 5 nitrogen and oxygen atoms in total. The molecule has 24 heavy (non-hydrogen) atoms. The highest BCUT2D eigenvalue weighted by molar-refractivity contribution is 7.91. The number of carbonyl (C=O) groups excluding carboxylic acids is 1. The van der Waals surface area contributed by atoms with Crippen LogP contribution in [0.15, 0.2) is 24.3 Å². The van der Waals surface area contributed by atoms with Crippen LogP contribution in [0.1, 0.15) is 25.7 Å². The van der Waals surface area contributed by atoms with Gasteiger partial charge in [0.1, 0.15) is 0 Å². The monoisotopic (exact) mass is 368 g/mol. The van der Waals surface area contributed by atoms with Crippen molar-refractivity contribution in [3.8, 4) is 0 Å². The van der Waals surface area contributed by atoms with Gasteiger partial charge in [-0.15, -0.1) is 0 Å². The molecular formula is C17H21ClN2O3S. The Balaban J connectivity index is 1.70. The van der Waals surface area contributed by atoms with Gasteiger partial charge < -0.3 is 4.90 Å². The van der Waals surface area contributed by atoms with Gasteiger partial charge in [0.2, 0.25) is 5.91 Å². The summed E-state index contributed by atoms with van der Waals surface area (Å²) in [6.07, 6.45) is 4.47. The van der Waals surface area contributed by atoms with Gasteiger partial charge >= 0.3 is 0 Å². The zero-order valence-electron chi connectivity index (χ0n) is 13.4. The van der Waals surface area contributed by atoms with Gasteiger partial charge in [-0.2, -0.15) is 0 Å². The molecule has 1 aliphatic carbocycles. The molecular weight excluding hydrogens is 348 g/mol. The quantitative estimate of drug-likeness (QED) is 0.802. The SMILES string of the molecule is O=C1CN(C2CCCC2)[C@@H]2CS(=O)(=O)C[C@@H]2N1c1ccc(Cl)cc1. The van der Waals surface area contributed by atoms with E-state index >= 15 is 0 Å². The number of amides is 1. The van der Waals surface area contributed by atoms with Crippen molar-refractivity contribution in [2.24, 2.45) is 0 Å². The van der Waals surface area contributed by atoms with E-state index in [1.54, 1.807) is 29.2 Å². The molecule has 2 atom stereocenters. The fourth-order valence-electron chi connectivity index (χ4n) is 4.48. The molecule has 1 amide bonds. The number of sulfone groups is 1. The summed E-state index contributed by atoms with van der Waals surface area (Å²) >= 11 is 5.95. The molecule has 0 radical (unpaired) electrons. The number of carbonyl (C=O) groups is 1. The number of hydrogen-bond donors (Lipinski definition) is 0. The summed E-state index contributed by atoms with van der Waals surface area (Å²) in [5.74, 6) is 0.198. The van der Waals surface area contributed by atoms with Crippen molar-refractivity contribution in [2.45, 2.75) is 43.8 Å². The summed E-state index contributed by atoms with van der Waals surface area (Å²) in [4.78, 5) is 16.7. The van der Waals surface area contributed by atoms with Gasteiger partial charge in [0, 0.05) is 22.8 Å². The number of rotatable bonds is 2. The van der Waals surface area contributed by atoms with Gasteiger partial charge in [-0.25, -0.2) is 8.42 Å². The first-order chi connectivity index (χ1) is 11.4. The molecule has 130 valence electrons. The van der Waals surface area contributed by atoms with Crippen molar-refractivity contribution in [3.63, 3.8) is 0 Å². The molecule has 0 aromatic heterocycles. The average molecular weight is 369 g/mol. The lowest BCUT2D eigenvalue weighted by Gasteiger charge is -2.46. The van der Waals surface area contributed by atoms with Crippen LogP contribution < -0.4 is 4.90 Å². The highest BCUT2D eigenvalue weighted by Gasteiger charge is 2.51. The zero-order chi connectivity index (χ0) is 16.9. The maximum absolute atomic E-state index is 12.9. The summed E-state index contributed by atoms with van der Waals surface area (Å²) in [5, 5.41) is 0.603. The van der Waals surface area contributed by atoms with Crippen LogP contribution in [0.25, 0.3) is 0 Å². The molecule has 2 saturated heterocycles. The second-order valence-corrected chi connectivity index (χ2v) is 9.65. The minimum absolute atomic E-state index is 0.0115. The summed E-state index contributed by atoms with van der Waals surface area (Å²) in [7, 11) is -3.13. The molecule has 1 aromatic rings. The van der Waals surface area contributed by atoms with E-state index in [2.05, 4.69) is 4.90 Å². The Kier molecular flexibility index (Phi) is 4.09. The van der Waals surface area contributed by atoms with Crippen LogP contribution in [-0.4, -0.2) is 55.4 Å². The first-order valence-corrected chi connectivity index (χ1v) is 10.7. The molecule has 0 N–H and O–H groups in total. The molecule has 0 bridgehead atoms. The van der Waals surface area contributed by atoms with Crippen molar-refractivity contribution >= 4 is 33.0 Å². The molecule has 0 spiro atoms. The fourth-order valence-corrected chi connectivity index (χ4v) is 6.57. The highest BCUT2D eigenvalue weighted by Crippen LogP contribution is 2.36. The summed E-state index contributed by atoms with van der Waals surface area (Å²) < 4.78 is 24.6. The minimum Gasteiger partial charge on any atom is -0.306 e. The van der Waals surface area contributed by atoms with Crippen molar-refractivity contribution in [1.82, 2.24) is 4.90 Å². The normalized spacial score (nSPS) is 30.7. The minimum atomic E-state index is -3.13. The predicted molar refractivity (Wildman–Crippen MR) is 94.1 cm³/mol. The van der Waals surface area contributed by atoms with Crippen LogP contribution in [0, 0.1) is 0 Å². The Morgan fingerprint density at radius 1 is 1.00 bits per heavy atom. The van der Waals surface area contributed by atoms with Gasteiger partial charge in [0.25, 0.3) is 0 Å². The van der Waals surface area contributed by atoms with Crippen molar-refractivity contribution < 1.29 is 13.2 Å². The van der Waals surface area contributed by atoms with Crippen molar-refractivity contribution in [2.75, 3.05) is 23.0 Å². The summed E-state index contributed by atoms with van der Waals surface area (Å²) in [5.41, 5.74) is 0.738. The van der Waals surface area contributed by atoms with E-state index in [9.17, 15) is 13.2 Å². The maximum atomic E-state index is 12.9. The lowest BCUT2D eigenvalue weighted by atomic mass is 10.00. The number of anilines is 1. The van der Waals surface area contributed by atoms with Crippen LogP contribution >= 0.6 is 11.6 Å². The topological polar surface area (TPSA) is 57.7 Å². The Morgan fingerprint density at radius 2 is 1.62 bits per heavy atom. The van der Waals surface area contributed by atoms with Gasteiger partial charge in [-0.05, 0) is 37.1 Å². The molecule has 7 heteroatoms. The van der Waals surface area contributed by atoms with E-state index in [-0.39, 0.29) is 29.5 Å².